The molecular weight excluding hydrogens is 416 g/mol. The molecule has 9 heteroatoms. The molecule has 0 radical (unpaired) electrons. The van der Waals surface area contributed by atoms with Crippen LogP contribution in [0.15, 0.2) is 42.9 Å². The van der Waals surface area contributed by atoms with Crippen molar-refractivity contribution in [1.82, 2.24) is 30.1 Å². The molecule has 3 heterocycles. The Morgan fingerprint density at radius 3 is 3.00 bits per heavy atom. The van der Waals surface area contributed by atoms with Gasteiger partial charge in [0.1, 0.15) is 0 Å². The van der Waals surface area contributed by atoms with Gasteiger partial charge in [-0.1, -0.05) is 11.6 Å². The largest absolute Gasteiger partial charge is 0.357 e. The van der Waals surface area contributed by atoms with Gasteiger partial charge in [-0.2, -0.15) is 0 Å². The molecule has 0 saturated carbocycles. The Labute approximate surface area is 185 Å². The molecule has 1 saturated heterocycles. The molecule has 0 bridgehead atoms. The third-order valence-electron chi connectivity index (χ3n) is 5.63. The number of rotatable bonds is 5. The molecule has 1 atom stereocenters. The highest BCUT2D eigenvalue weighted by Crippen LogP contribution is 2.20. The Hall–Kier alpha value is -3.13. The number of nitrogens with one attached hydrogen (secondary N) is 2. The van der Waals surface area contributed by atoms with Crippen molar-refractivity contribution in [3.05, 3.63) is 59.3 Å². The van der Waals surface area contributed by atoms with Crippen LogP contribution >= 0.6 is 11.6 Å². The topological polar surface area (TPSA) is 94.2 Å². The molecule has 2 aromatic heterocycles. The van der Waals surface area contributed by atoms with Crippen molar-refractivity contribution >= 4 is 34.4 Å². The van der Waals surface area contributed by atoms with Gasteiger partial charge in [-0.3, -0.25) is 14.8 Å². The molecule has 3 aromatic rings. The number of hydrogen-bond donors (Lipinski definition) is 2. The number of aromatic amines is 1. The monoisotopic (exact) mass is 440 g/mol. The van der Waals surface area contributed by atoms with E-state index in [1.54, 1.807) is 30.5 Å². The lowest BCUT2D eigenvalue weighted by atomic mass is 10.0. The first-order chi connectivity index (χ1) is 15.0. The van der Waals surface area contributed by atoms with E-state index >= 15 is 0 Å². The molecule has 4 rings (SSSR count). The maximum Gasteiger partial charge on any atom is 0.317 e. The van der Waals surface area contributed by atoms with E-state index in [1.165, 1.54) is 0 Å². The van der Waals surface area contributed by atoms with Crippen LogP contribution in [0.4, 0.5) is 4.79 Å². The van der Waals surface area contributed by atoms with E-state index in [0.29, 0.717) is 30.4 Å². The summed E-state index contributed by atoms with van der Waals surface area (Å²) < 4.78 is 0. The van der Waals surface area contributed by atoms with Crippen LogP contribution in [0.1, 0.15) is 24.2 Å². The third-order valence-corrected chi connectivity index (χ3v) is 5.87. The zero-order valence-corrected chi connectivity index (χ0v) is 18.1. The van der Waals surface area contributed by atoms with Crippen LogP contribution < -0.4 is 5.32 Å². The summed E-state index contributed by atoms with van der Waals surface area (Å²) in [7, 11) is 1.78. The minimum absolute atomic E-state index is 0.00995. The Morgan fingerprint density at radius 1 is 1.32 bits per heavy atom. The van der Waals surface area contributed by atoms with Crippen LogP contribution in [0.2, 0.25) is 5.02 Å². The maximum atomic E-state index is 12.7. The number of halogens is 1. The molecule has 0 aliphatic carbocycles. The molecule has 0 spiro atoms. The average Bonchev–Trinajstić information content (AvgIpc) is 3.19. The second-order valence-corrected chi connectivity index (χ2v) is 8.24. The lowest BCUT2D eigenvalue weighted by molar-refractivity contribution is -0.132. The lowest BCUT2D eigenvalue weighted by Gasteiger charge is -2.37. The van der Waals surface area contributed by atoms with Gasteiger partial charge in [0.05, 0.1) is 24.7 Å². The van der Waals surface area contributed by atoms with Gasteiger partial charge in [0.25, 0.3) is 0 Å². The number of carbonyl (C=O) groups excluding carboxylic acids is 2. The predicted molar refractivity (Wildman–Crippen MR) is 119 cm³/mol. The zero-order chi connectivity index (χ0) is 21.8. The Balaban J connectivity index is 1.31. The van der Waals surface area contributed by atoms with Crippen molar-refractivity contribution in [3.63, 3.8) is 0 Å². The minimum Gasteiger partial charge on any atom is -0.357 e. The van der Waals surface area contributed by atoms with Crippen molar-refractivity contribution in [2.45, 2.75) is 31.8 Å². The van der Waals surface area contributed by atoms with Gasteiger partial charge >= 0.3 is 6.03 Å². The molecule has 1 aliphatic heterocycles. The quantitative estimate of drug-likeness (QED) is 0.637. The smallest absolute Gasteiger partial charge is 0.317 e. The van der Waals surface area contributed by atoms with Crippen molar-refractivity contribution in [2.24, 2.45) is 0 Å². The number of nitrogens with zero attached hydrogens (tertiary/aromatic N) is 4. The van der Waals surface area contributed by atoms with Gasteiger partial charge < -0.3 is 20.1 Å². The fourth-order valence-corrected chi connectivity index (χ4v) is 4.09. The number of benzene rings is 1. The molecule has 1 unspecified atom stereocenters. The van der Waals surface area contributed by atoms with Crippen LogP contribution in [0.25, 0.3) is 10.9 Å². The molecule has 3 amide bonds. The molecule has 162 valence electrons. The summed E-state index contributed by atoms with van der Waals surface area (Å²) in [6, 6.07) is 7.43. The van der Waals surface area contributed by atoms with Gasteiger partial charge in [-0.05, 0) is 37.1 Å². The standard InChI is InChI=1S/C22H25ClN6O2/c1-28(22(31)26-13-18-10-15-9-16(23)4-5-20(15)27-18)19-3-2-8-29(14-19)21(30)11-17-12-24-6-7-25-17/h4-7,9-10,12,19,27H,2-3,8,11,13-14H2,1H3,(H,26,31). The predicted octanol–water partition coefficient (Wildman–Crippen LogP) is 2.99. The number of piperidine rings is 1. The summed E-state index contributed by atoms with van der Waals surface area (Å²) in [4.78, 5) is 40.3. The summed E-state index contributed by atoms with van der Waals surface area (Å²) in [6.07, 6.45) is 6.73. The van der Waals surface area contributed by atoms with Crippen molar-refractivity contribution in [3.8, 4) is 0 Å². The Morgan fingerprint density at radius 2 is 2.19 bits per heavy atom. The first kappa shape index (κ1) is 21.1. The molecule has 1 fully saturated rings. The molecular formula is C22H25ClN6O2. The second-order valence-electron chi connectivity index (χ2n) is 7.81. The van der Waals surface area contributed by atoms with Gasteiger partial charge in [0.15, 0.2) is 0 Å². The van der Waals surface area contributed by atoms with Crippen molar-refractivity contribution < 1.29 is 9.59 Å². The fraction of sp³-hybridized carbons (Fsp3) is 0.364. The fourth-order valence-electron chi connectivity index (χ4n) is 3.91. The Kier molecular flexibility index (Phi) is 6.36. The van der Waals surface area contributed by atoms with Crippen molar-refractivity contribution in [1.29, 1.82) is 0 Å². The molecule has 2 N–H and O–H groups in total. The van der Waals surface area contributed by atoms with E-state index in [1.807, 2.05) is 29.2 Å². The van der Waals surface area contributed by atoms with Crippen LogP contribution in [0.3, 0.4) is 0 Å². The molecule has 1 aromatic carbocycles. The molecule has 1 aliphatic rings. The average molecular weight is 441 g/mol. The lowest BCUT2D eigenvalue weighted by Crippen LogP contribution is -2.52. The van der Waals surface area contributed by atoms with E-state index in [4.69, 9.17) is 11.6 Å². The number of amides is 3. The van der Waals surface area contributed by atoms with E-state index in [2.05, 4.69) is 20.3 Å². The summed E-state index contributed by atoms with van der Waals surface area (Å²) in [5.41, 5.74) is 2.54. The van der Waals surface area contributed by atoms with E-state index < -0.39 is 0 Å². The van der Waals surface area contributed by atoms with Gasteiger partial charge in [0.2, 0.25) is 5.91 Å². The van der Waals surface area contributed by atoms with Gasteiger partial charge in [0, 0.05) is 60.3 Å². The van der Waals surface area contributed by atoms with E-state index in [9.17, 15) is 9.59 Å². The van der Waals surface area contributed by atoms with Crippen LogP contribution in [-0.2, 0) is 17.8 Å². The van der Waals surface area contributed by atoms with Crippen LogP contribution in [0, 0.1) is 0 Å². The van der Waals surface area contributed by atoms with Gasteiger partial charge in [-0.15, -0.1) is 0 Å². The number of hydrogen-bond acceptors (Lipinski definition) is 4. The van der Waals surface area contributed by atoms with E-state index in [0.717, 1.165) is 29.4 Å². The van der Waals surface area contributed by atoms with E-state index in [-0.39, 0.29) is 24.4 Å². The number of likely N-dealkylation sites (tertiary alicyclic amines) is 1. The summed E-state index contributed by atoms with van der Waals surface area (Å²) in [5.74, 6) is 0.00995. The van der Waals surface area contributed by atoms with Crippen LogP contribution in [-0.4, -0.2) is 62.9 Å². The minimum atomic E-state index is -0.162. The van der Waals surface area contributed by atoms with Crippen LogP contribution in [0.5, 0.6) is 0 Å². The Bertz CT molecular complexity index is 1070. The SMILES string of the molecule is CN(C(=O)NCc1cc2cc(Cl)ccc2[nH]1)C1CCCN(C(=O)Cc2cnccn2)C1. The van der Waals surface area contributed by atoms with Gasteiger partial charge in [-0.25, -0.2) is 4.79 Å². The third kappa shape index (κ3) is 5.14. The first-order valence-electron chi connectivity index (χ1n) is 10.3. The van der Waals surface area contributed by atoms with Crippen molar-refractivity contribution in [2.75, 3.05) is 20.1 Å². The summed E-state index contributed by atoms with van der Waals surface area (Å²) in [5, 5.41) is 4.64. The highest BCUT2D eigenvalue weighted by Gasteiger charge is 2.28. The number of urea groups is 1. The molecule has 31 heavy (non-hydrogen) atoms. The highest BCUT2D eigenvalue weighted by atomic mass is 35.5. The highest BCUT2D eigenvalue weighted by molar-refractivity contribution is 6.31. The second kappa shape index (κ2) is 9.34. The number of fused-ring (bicyclic) bond motifs is 1. The maximum absolute atomic E-state index is 12.7. The summed E-state index contributed by atoms with van der Waals surface area (Å²) >= 11 is 6.04. The summed E-state index contributed by atoms with van der Waals surface area (Å²) in [6.45, 7) is 1.61. The molecule has 8 nitrogen and oxygen atoms in total. The number of H-pyrrole nitrogens is 1. The normalized spacial score (nSPS) is 16.3. The number of carbonyl (C=O) groups is 2. The number of likely N-dealkylation sites (N-methyl/N-ethyl adjacent to an activating group) is 1. The first-order valence-corrected chi connectivity index (χ1v) is 10.7. The number of aromatic nitrogens is 3. The zero-order valence-electron chi connectivity index (χ0n) is 17.3.